The molecule has 4 rings (SSSR count). The standard InChI is InChI=1S/C20H25FN4O/c1-13(2)10-19(26)24-11-15-4-3-5-18-22-23-20(25(18)17(15)12-24)14-6-8-16(21)9-7-14/h6-9,13,15,17H,3-5,10-12H2,1-2H3/t15-,17+/m1/s1. The molecule has 1 amide bonds. The average molecular weight is 356 g/mol. The number of carbonyl (C=O) groups is 1. The fourth-order valence-electron chi connectivity index (χ4n) is 4.27. The van der Waals surface area contributed by atoms with Gasteiger partial charge in [-0.3, -0.25) is 4.79 Å². The lowest BCUT2D eigenvalue weighted by Gasteiger charge is -2.20. The molecular weight excluding hydrogens is 331 g/mol. The topological polar surface area (TPSA) is 51.0 Å². The molecule has 0 N–H and O–H groups in total. The van der Waals surface area contributed by atoms with Crippen LogP contribution in [-0.2, 0) is 11.2 Å². The number of halogens is 1. The third kappa shape index (κ3) is 3.13. The van der Waals surface area contributed by atoms with Crippen LogP contribution >= 0.6 is 0 Å². The van der Waals surface area contributed by atoms with E-state index in [4.69, 9.17) is 0 Å². The van der Waals surface area contributed by atoms with E-state index in [-0.39, 0.29) is 17.8 Å². The number of likely N-dealkylation sites (tertiary alicyclic amines) is 1. The normalized spacial score (nSPS) is 22.2. The van der Waals surface area contributed by atoms with E-state index >= 15 is 0 Å². The van der Waals surface area contributed by atoms with Gasteiger partial charge < -0.3 is 9.47 Å². The molecule has 0 unspecified atom stereocenters. The van der Waals surface area contributed by atoms with Gasteiger partial charge in [0.25, 0.3) is 0 Å². The molecule has 1 aromatic heterocycles. The summed E-state index contributed by atoms with van der Waals surface area (Å²) in [4.78, 5) is 14.6. The zero-order chi connectivity index (χ0) is 18.3. The van der Waals surface area contributed by atoms with Crippen molar-refractivity contribution in [1.82, 2.24) is 19.7 Å². The molecule has 6 heteroatoms. The maximum absolute atomic E-state index is 13.3. The van der Waals surface area contributed by atoms with Gasteiger partial charge in [-0.05, 0) is 48.9 Å². The number of amides is 1. The van der Waals surface area contributed by atoms with Crippen LogP contribution in [0, 0.1) is 17.7 Å². The van der Waals surface area contributed by atoms with Crippen molar-refractivity contribution in [2.45, 2.75) is 45.6 Å². The van der Waals surface area contributed by atoms with Gasteiger partial charge in [-0.2, -0.15) is 0 Å². The summed E-state index contributed by atoms with van der Waals surface area (Å²) in [5.74, 6) is 2.56. The second-order valence-electron chi connectivity index (χ2n) is 7.93. The maximum atomic E-state index is 13.3. The van der Waals surface area contributed by atoms with Crippen LogP contribution in [0.4, 0.5) is 4.39 Å². The average Bonchev–Trinajstić information content (AvgIpc) is 3.16. The molecule has 0 spiro atoms. The number of hydrogen-bond donors (Lipinski definition) is 0. The van der Waals surface area contributed by atoms with E-state index in [0.29, 0.717) is 18.3 Å². The Balaban J connectivity index is 1.66. The Morgan fingerprint density at radius 1 is 1.23 bits per heavy atom. The van der Waals surface area contributed by atoms with Crippen molar-refractivity contribution in [3.63, 3.8) is 0 Å². The fourth-order valence-corrected chi connectivity index (χ4v) is 4.27. The minimum Gasteiger partial charge on any atom is -0.340 e. The number of nitrogens with zero attached hydrogens (tertiary/aromatic N) is 4. The SMILES string of the molecule is CC(C)CC(=O)N1C[C@H]2CCCc3nnc(-c4ccc(F)cc4)n3[C@H]2C1. The van der Waals surface area contributed by atoms with Crippen LogP contribution in [0.5, 0.6) is 0 Å². The monoisotopic (exact) mass is 356 g/mol. The lowest BCUT2D eigenvalue weighted by Crippen LogP contribution is -2.30. The lowest BCUT2D eigenvalue weighted by atomic mass is 9.98. The molecule has 1 aromatic carbocycles. The zero-order valence-electron chi connectivity index (χ0n) is 15.4. The molecule has 2 aliphatic heterocycles. The van der Waals surface area contributed by atoms with Gasteiger partial charge in [0.2, 0.25) is 5.91 Å². The summed E-state index contributed by atoms with van der Waals surface area (Å²) < 4.78 is 15.5. The number of benzene rings is 1. The Labute approximate surface area is 153 Å². The highest BCUT2D eigenvalue weighted by Gasteiger charge is 2.39. The summed E-state index contributed by atoms with van der Waals surface area (Å²) in [5.41, 5.74) is 0.873. The van der Waals surface area contributed by atoms with Crippen molar-refractivity contribution in [1.29, 1.82) is 0 Å². The molecule has 1 saturated heterocycles. The van der Waals surface area contributed by atoms with E-state index in [1.54, 1.807) is 12.1 Å². The van der Waals surface area contributed by atoms with Crippen LogP contribution in [0.1, 0.15) is 45.0 Å². The highest BCUT2D eigenvalue weighted by Crippen LogP contribution is 2.38. The Morgan fingerprint density at radius 3 is 2.73 bits per heavy atom. The zero-order valence-corrected chi connectivity index (χ0v) is 15.4. The van der Waals surface area contributed by atoms with E-state index < -0.39 is 0 Å². The first kappa shape index (κ1) is 17.2. The molecule has 2 atom stereocenters. The predicted octanol–water partition coefficient (Wildman–Crippen LogP) is 3.47. The number of carbonyl (C=O) groups excluding carboxylic acids is 1. The first-order valence-electron chi connectivity index (χ1n) is 9.50. The minimum absolute atomic E-state index is 0.207. The van der Waals surface area contributed by atoms with Gasteiger partial charge in [0.05, 0.1) is 6.04 Å². The fraction of sp³-hybridized carbons (Fsp3) is 0.550. The Morgan fingerprint density at radius 2 is 2.00 bits per heavy atom. The quantitative estimate of drug-likeness (QED) is 0.846. The van der Waals surface area contributed by atoms with E-state index in [1.807, 2.05) is 4.90 Å². The number of rotatable bonds is 3. The van der Waals surface area contributed by atoms with Gasteiger partial charge in [-0.15, -0.1) is 10.2 Å². The van der Waals surface area contributed by atoms with Crippen LogP contribution in [0.3, 0.4) is 0 Å². The second-order valence-corrected chi connectivity index (χ2v) is 7.93. The van der Waals surface area contributed by atoms with Crippen molar-refractivity contribution in [3.05, 3.63) is 35.9 Å². The van der Waals surface area contributed by atoms with Crippen LogP contribution in [-0.4, -0.2) is 38.7 Å². The van der Waals surface area contributed by atoms with E-state index in [9.17, 15) is 9.18 Å². The Kier molecular flexibility index (Phi) is 4.51. The van der Waals surface area contributed by atoms with Gasteiger partial charge in [0, 0.05) is 31.5 Å². The number of hydrogen-bond acceptors (Lipinski definition) is 3. The van der Waals surface area contributed by atoms with Crippen LogP contribution < -0.4 is 0 Å². The molecule has 5 nitrogen and oxygen atoms in total. The summed E-state index contributed by atoms with van der Waals surface area (Å²) in [5, 5.41) is 8.82. The number of aromatic nitrogens is 3. The van der Waals surface area contributed by atoms with Crippen molar-refractivity contribution in [2.75, 3.05) is 13.1 Å². The highest BCUT2D eigenvalue weighted by molar-refractivity contribution is 5.76. The first-order chi connectivity index (χ1) is 12.5. The van der Waals surface area contributed by atoms with Gasteiger partial charge in [0.1, 0.15) is 11.6 Å². The van der Waals surface area contributed by atoms with Gasteiger partial charge in [0.15, 0.2) is 5.82 Å². The van der Waals surface area contributed by atoms with Crippen molar-refractivity contribution < 1.29 is 9.18 Å². The molecule has 1 fully saturated rings. The van der Waals surface area contributed by atoms with Crippen LogP contribution in [0.2, 0.25) is 0 Å². The maximum Gasteiger partial charge on any atom is 0.222 e. The van der Waals surface area contributed by atoms with E-state index in [1.165, 1.54) is 12.1 Å². The van der Waals surface area contributed by atoms with Crippen molar-refractivity contribution >= 4 is 5.91 Å². The third-order valence-electron chi connectivity index (χ3n) is 5.52. The summed E-state index contributed by atoms with van der Waals surface area (Å²) >= 11 is 0. The molecule has 0 aliphatic carbocycles. The second kappa shape index (κ2) is 6.82. The van der Waals surface area contributed by atoms with Gasteiger partial charge in [-0.25, -0.2) is 4.39 Å². The molecule has 3 heterocycles. The lowest BCUT2D eigenvalue weighted by molar-refractivity contribution is -0.131. The highest BCUT2D eigenvalue weighted by atomic mass is 19.1. The van der Waals surface area contributed by atoms with Crippen LogP contribution in [0.25, 0.3) is 11.4 Å². The first-order valence-corrected chi connectivity index (χ1v) is 9.50. The molecule has 26 heavy (non-hydrogen) atoms. The molecule has 138 valence electrons. The van der Waals surface area contributed by atoms with Crippen molar-refractivity contribution in [2.24, 2.45) is 11.8 Å². The Bertz CT molecular complexity index is 799. The summed E-state index contributed by atoms with van der Waals surface area (Å²) in [6, 6.07) is 6.63. The minimum atomic E-state index is -0.256. The van der Waals surface area contributed by atoms with E-state index in [0.717, 1.165) is 49.6 Å². The van der Waals surface area contributed by atoms with Crippen LogP contribution in [0.15, 0.2) is 24.3 Å². The summed E-state index contributed by atoms with van der Waals surface area (Å²) in [7, 11) is 0. The number of fused-ring (bicyclic) bond motifs is 3. The molecule has 0 radical (unpaired) electrons. The molecule has 0 saturated carbocycles. The van der Waals surface area contributed by atoms with E-state index in [2.05, 4.69) is 28.6 Å². The number of aryl methyl sites for hydroxylation is 1. The Hall–Kier alpha value is -2.24. The molecule has 2 aliphatic rings. The molecular formula is C20H25FN4O. The van der Waals surface area contributed by atoms with Crippen molar-refractivity contribution in [3.8, 4) is 11.4 Å². The smallest absolute Gasteiger partial charge is 0.222 e. The summed E-state index contributed by atoms with van der Waals surface area (Å²) in [6.07, 6.45) is 3.66. The predicted molar refractivity (Wildman–Crippen MR) is 96.9 cm³/mol. The van der Waals surface area contributed by atoms with Gasteiger partial charge >= 0.3 is 0 Å². The summed E-state index contributed by atoms with van der Waals surface area (Å²) in [6.45, 7) is 5.69. The van der Waals surface area contributed by atoms with Gasteiger partial charge in [-0.1, -0.05) is 13.8 Å². The molecule has 0 bridgehead atoms. The molecule has 2 aromatic rings. The largest absolute Gasteiger partial charge is 0.340 e. The third-order valence-corrected chi connectivity index (χ3v) is 5.52.